The smallest absolute Gasteiger partial charge is 0.407 e. The van der Waals surface area contributed by atoms with E-state index in [1.165, 1.54) is 0 Å². The lowest BCUT2D eigenvalue weighted by atomic mass is 10.4. The van der Waals surface area contributed by atoms with Gasteiger partial charge in [-0.05, 0) is 6.42 Å². The second kappa shape index (κ2) is 8.33. The van der Waals surface area contributed by atoms with Gasteiger partial charge in [-0.3, -0.25) is 0 Å². The van der Waals surface area contributed by atoms with Gasteiger partial charge in [-0.25, -0.2) is 4.79 Å². The van der Waals surface area contributed by atoms with Crippen LogP contribution in [-0.4, -0.2) is 32.8 Å². The van der Waals surface area contributed by atoms with Crippen molar-refractivity contribution in [2.75, 3.05) is 26.7 Å². The highest BCUT2D eigenvalue weighted by Crippen LogP contribution is 1.81. The number of carbonyl (C=O) groups excluding carboxylic acids is 1. The molecule has 12 heavy (non-hydrogen) atoms. The number of nitrogens with one attached hydrogen (secondary N) is 1. The standard InChI is InChI=1S/C8H18N2O2/c1-3-7-12-8(11)10-6-4-5-9-2/h9H,3-7H2,1-2H3,(H,10,11)/p+1. The predicted octanol–water partition coefficient (Wildman–Crippen LogP) is -0.294. The first-order chi connectivity index (χ1) is 5.81. The Labute approximate surface area is 73.7 Å². The monoisotopic (exact) mass is 175 g/mol. The Balaban J connectivity index is 3.08. The largest absolute Gasteiger partial charge is 0.450 e. The number of ether oxygens (including phenoxy) is 1. The van der Waals surface area contributed by atoms with Gasteiger partial charge in [-0.2, -0.15) is 0 Å². The van der Waals surface area contributed by atoms with Crippen LogP contribution in [0.5, 0.6) is 0 Å². The van der Waals surface area contributed by atoms with Gasteiger partial charge in [0.2, 0.25) is 0 Å². The van der Waals surface area contributed by atoms with Crippen LogP contribution in [-0.2, 0) is 4.74 Å². The minimum absolute atomic E-state index is 0.298. The lowest BCUT2D eigenvalue weighted by molar-refractivity contribution is -0.626. The topological polar surface area (TPSA) is 54.9 Å². The third kappa shape index (κ3) is 7.34. The van der Waals surface area contributed by atoms with Crippen LogP contribution < -0.4 is 10.6 Å². The molecule has 0 aliphatic carbocycles. The lowest BCUT2D eigenvalue weighted by Crippen LogP contribution is -2.79. The van der Waals surface area contributed by atoms with Crippen molar-refractivity contribution < 1.29 is 14.8 Å². The van der Waals surface area contributed by atoms with Crippen LogP contribution in [0.3, 0.4) is 0 Å². The van der Waals surface area contributed by atoms with E-state index in [4.69, 9.17) is 4.74 Å². The Morgan fingerprint density at radius 1 is 1.58 bits per heavy atom. The minimum atomic E-state index is -0.298. The van der Waals surface area contributed by atoms with Gasteiger partial charge in [-0.1, -0.05) is 6.92 Å². The third-order valence-electron chi connectivity index (χ3n) is 1.38. The van der Waals surface area contributed by atoms with Crippen molar-refractivity contribution in [3.05, 3.63) is 0 Å². The van der Waals surface area contributed by atoms with Crippen molar-refractivity contribution >= 4 is 6.09 Å². The van der Waals surface area contributed by atoms with Crippen molar-refractivity contribution in [1.82, 2.24) is 5.32 Å². The average Bonchev–Trinajstić information content (AvgIpc) is 2.09. The first-order valence-corrected chi connectivity index (χ1v) is 4.49. The van der Waals surface area contributed by atoms with Crippen LogP contribution >= 0.6 is 0 Å². The molecule has 0 spiro atoms. The van der Waals surface area contributed by atoms with Crippen LogP contribution in [0.1, 0.15) is 19.8 Å². The first kappa shape index (κ1) is 11.2. The second-order valence-electron chi connectivity index (χ2n) is 2.61. The highest BCUT2D eigenvalue weighted by atomic mass is 16.5. The number of amides is 1. The number of carbonyl (C=O) groups is 1. The summed E-state index contributed by atoms with van der Waals surface area (Å²) in [6.07, 6.45) is 1.56. The van der Waals surface area contributed by atoms with E-state index in [0.29, 0.717) is 13.2 Å². The summed E-state index contributed by atoms with van der Waals surface area (Å²) in [6.45, 7) is 4.21. The molecule has 0 fully saturated rings. The Kier molecular flexibility index (Phi) is 7.79. The number of nitrogens with two attached hydrogens (primary N) is 1. The zero-order chi connectivity index (χ0) is 9.23. The van der Waals surface area contributed by atoms with Gasteiger partial charge in [0.05, 0.1) is 20.2 Å². The maximum Gasteiger partial charge on any atom is 0.407 e. The molecule has 0 saturated heterocycles. The number of quaternary nitrogens is 1. The molecule has 1 amide bonds. The van der Waals surface area contributed by atoms with Crippen LogP contribution in [0.4, 0.5) is 4.79 Å². The van der Waals surface area contributed by atoms with E-state index in [1.54, 1.807) is 0 Å². The molecule has 72 valence electrons. The van der Waals surface area contributed by atoms with Crippen molar-refractivity contribution in [1.29, 1.82) is 0 Å². The number of alkyl carbamates (subject to hydrolysis) is 1. The zero-order valence-corrected chi connectivity index (χ0v) is 7.93. The molecule has 0 rings (SSSR count). The van der Waals surface area contributed by atoms with E-state index in [0.717, 1.165) is 19.4 Å². The van der Waals surface area contributed by atoms with Gasteiger partial charge in [0, 0.05) is 13.0 Å². The summed E-state index contributed by atoms with van der Waals surface area (Å²) in [4.78, 5) is 10.8. The molecule has 0 aliphatic heterocycles. The number of hydrogen-bond donors (Lipinski definition) is 2. The molecule has 0 aromatic heterocycles. The molecule has 0 bridgehead atoms. The summed E-state index contributed by atoms with van der Waals surface area (Å²) in [5.74, 6) is 0. The first-order valence-electron chi connectivity index (χ1n) is 4.49. The summed E-state index contributed by atoms with van der Waals surface area (Å²) >= 11 is 0. The predicted molar refractivity (Wildman–Crippen MR) is 47.0 cm³/mol. The summed E-state index contributed by atoms with van der Waals surface area (Å²) in [7, 11) is 2.01. The molecule has 0 aliphatic rings. The van der Waals surface area contributed by atoms with Crippen LogP contribution in [0.25, 0.3) is 0 Å². The summed E-state index contributed by atoms with van der Waals surface area (Å²) in [6, 6.07) is 0. The van der Waals surface area contributed by atoms with Crippen LogP contribution in [0.15, 0.2) is 0 Å². The Morgan fingerprint density at radius 2 is 2.33 bits per heavy atom. The molecule has 0 aromatic carbocycles. The van der Waals surface area contributed by atoms with E-state index >= 15 is 0 Å². The Bertz CT molecular complexity index is 118. The van der Waals surface area contributed by atoms with Gasteiger partial charge in [0.15, 0.2) is 0 Å². The van der Waals surface area contributed by atoms with E-state index < -0.39 is 0 Å². The van der Waals surface area contributed by atoms with Gasteiger partial charge < -0.3 is 15.4 Å². The fraction of sp³-hybridized carbons (Fsp3) is 0.875. The molecule has 0 heterocycles. The van der Waals surface area contributed by atoms with E-state index in [1.807, 2.05) is 14.0 Å². The molecule has 0 atom stereocenters. The molecular formula is C8H19N2O2+. The third-order valence-corrected chi connectivity index (χ3v) is 1.38. The van der Waals surface area contributed by atoms with Crippen molar-refractivity contribution in [3.63, 3.8) is 0 Å². The van der Waals surface area contributed by atoms with E-state index in [2.05, 4.69) is 10.6 Å². The van der Waals surface area contributed by atoms with Crippen molar-refractivity contribution in [2.24, 2.45) is 0 Å². The normalized spacial score (nSPS) is 9.50. The Hall–Kier alpha value is -0.770. The maximum atomic E-state index is 10.8. The van der Waals surface area contributed by atoms with Gasteiger partial charge >= 0.3 is 6.09 Å². The summed E-state index contributed by atoms with van der Waals surface area (Å²) in [5.41, 5.74) is 0. The van der Waals surface area contributed by atoms with Gasteiger partial charge in [-0.15, -0.1) is 0 Å². The van der Waals surface area contributed by atoms with Crippen molar-refractivity contribution in [2.45, 2.75) is 19.8 Å². The molecule has 0 unspecified atom stereocenters. The molecule has 4 nitrogen and oxygen atoms in total. The number of hydrogen-bond acceptors (Lipinski definition) is 2. The average molecular weight is 175 g/mol. The lowest BCUT2D eigenvalue weighted by Gasteiger charge is -2.04. The SMILES string of the molecule is CCCOC(=O)NCCC[NH2+]C. The molecule has 4 heteroatoms. The van der Waals surface area contributed by atoms with Crippen LogP contribution in [0, 0.1) is 0 Å². The summed E-state index contributed by atoms with van der Waals surface area (Å²) < 4.78 is 4.81. The molecule has 0 saturated carbocycles. The number of rotatable bonds is 6. The molecular weight excluding hydrogens is 156 g/mol. The van der Waals surface area contributed by atoms with Gasteiger partial charge in [0.1, 0.15) is 0 Å². The van der Waals surface area contributed by atoms with Crippen LogP contribution in [0.2, 0.25) is 0 Å². The second-order valence-corrected chi connectivity index (χ2v) is 2.61. The Morgan fingerprint density at radius 3 is 2.92 bits per heavy atom. The highest BCUT2D eigenvalue weighted by molar-refractivity contribution is 5.66. The van der Waals surface area contributed by atoms with Crippen molar-refractivity contribution in [3.8, 4) is 0 Å². The quantitative estimate of drug-likeness (QED) is 0.545. The van der Waals surface area contributed by atoms with Gasteiger partial charge in [0.25, 0.3) is 0 Å². The fourth-order valence-corrected chi connectivity index (χ4v) is 0.742. The van der Waals surface area contributed by atoms with E-state index in [-0.39, 0.29) is 6.09 Å². The minimum Gasteiger partial charge on any atom is -0.450 e. The summed E-state index contributed by atoms with van der Waals surface area (Å²) in [5, 5.41) is 4.75. The maximum absolute atomic E-state index is 10.8. The molecule has 0 aromatic rings. The fourth-order valence-electron chi connectivity index (χ4n) is 0.742. The highest BCUT2D eigenvalue weighted by Gasteiger charge is 1.98. The molecule has 0 radical (unpaired) electrons. The zero-order valence-electron chi connectivity index (χ0n) is 7.93. The van der Waals surface area contributed by atoms with E-state index in [9.17, 15) is 4.79 Å². The molecule has 3 N–H and O–H groups in total.